The number of aliphatic hydroxyl groups is 3. The Morgan fingerprint density at radius 2 is 2.00 bits per heavy atom. The van der Waals surface area contributed by atoms with E-state index in [4.69, 9.17) is 9.84 Å². The van der Waals surface area contributed by atoms with E-state index in [0.717, 1.165) is 19.3 Å². The Morgan fingerprint density at radius 1 is 1.23 bits per heavy atom. The van der Waals surface area contributed by atoms with E-state index in [1.54, 1.807) is 12.2 Å². The van der Waals surface area contributed by atoms with Gasteiger partial charge in [-0.3, -0.25) is 4.79 Å². The first-order valence-electron chi connectivity index (χ1n) is 9.68. The Kier molecular flexibility index (Phi) is 11.4. The molecule has 0 aromatic rings. The number of allylic oxidation sites excluding steroid dienone is 1. The van der Waals surface area contributed by atoms with Crippen LogP contribution in [0.1, 0.15) is 64.7 Å². The lowest BCUT2D eigenvalue weighted by Gasteiger charge is -2.18. The molecule has 4 N–H and O–H groups in total. The summed E-state index contributed by atoms with van der Waals surface area (Å²) in [5, 5.41) is 38.7. The first-order chi connectivity index (χ1) is 12.4. The number of aliphatic hydroxyl groups excluding tert-OH is 3. The van der Waals surface area contributed by atoms with Crippen molar-refractivity contribution in [3.8, 4) is 0 Å². The van der Waals surface area contributed by atoms with Gasteiger partial charge >= 0.3 is 5.97 Å². The molecule has 0 radical (unpaired) electrons. The molecule has 1 aliphatic rings. The molecule has 0 spiro atoms. The molecule has 1 fully saturated rings. The summed E-state index contributed by atoms with van der Waals surface area (Å²) in [4.78, 5) is 10.4. The highest BCUT2D eigenvalue weighted by Gasteiger charge is 2.36. The zero-order valence-corrected chi connectivity index (χ0v) is 15.7. The largest absolute Gasteiger partial charge is 0.481 e. The van der Waals surface area contributed by atoms with Crippen LogP contribution in [-0.2, 0) is 9.53 Å². The molecule has 0 aliphatic carbocycles. The SMILES string of the molecule is CCCCCC(O)C1CC(O)C(/C=C/C(O)C/C=C\CCCC(=O)O)O1. The van der Waals surface area contributed by atoms with Crippen molar-refractivity contribution < 1.29 is 30.0 Å². The highest BCUT2D eigenvalue weighted by Crippen LogP contribution is 2.26. The smallest absolute Gasteiger partial charge is 0.303 e. The predicted molar refractivity (Wildman–Crippen MR) is 99.8 cm³/mol. The fourth-order valence-corrected chi connectivity index (χ4v) is 2.97. The average molecular weight is 370 g/mol. The lowest BCUT2D eigenvalue weighted by atomic mass is 10.0. The Morgan fingerprint density at radius 3 is 2.69 bits per heavy atom. The van der Waals surface area contributed by atoms with Crippen molar-refractivity contribution in [3.05, 3.63) is 24.3 Å². The van der Waals surface area contributed by atoms with Crippen LogP contribution in [0, 0.1) is 0 Å². The topological polar surface area (TPSA) is 107 Å². The maximum absolute atomic E-state index is 10.4. The molecule has 26 heavy (non-hydrogen) atoms. The molecule has 6 nitrogen and oxygen atoms in total. The fourth-order valence-electron chi connectivity index (χ4n) is 2.97. The van der Waals surface area contributed by atoms with Crippen LogP contribution in [0.4, 0.5) is 0 Å². The van der Waals surface area contributed by atoms with Gasteiger partial charge < -0.3 is 25.2 Å². The van der Waals surface area contributed by atoms with Crippen molar-refractivity contribution in [2.75, 3.05) is 0 Å². The number of carboxylic acids is 1. The summed E-state index contributed by atoms with van der Waals surface area (Å²) in [6.45, 7) is 2.11. The molecule has 1 rings (SSSR count). The molecule has 1 saturated heterocycles. The quantitative estimate of drug-likeness (QED) is 0.293. The van der Waals surface area contributed by atoms with Gasteiger partial charge in [-0.25, -0.2) is 0 Å². The molecule has 1 heterocycles. The Balaban J connectivity index is 2.29. The van der Waals surface area contributed by atoms with E-state index >= 15 is 0 Å². The van der Waals surface area contributed by atoms with E-state index in [1.165, 1.54) is 0 Å². The molecule has 0 aromatic heterocycles. The standard InChI is InChI=1S/C20H34O6/c1-2-3-6-10-16(22)19-14-17(23)18(26-19)13-12-15(21)9-7-4-5-8-11-20(24)25/h4,7,12-13,15-19,21-23H,2-3,5-6,8-11,14H2,1H3,(H,24,25)/b7-4-,13-12+. The summed E-state index contributed by atoms with van der Waals surface area (Å²) < 4.78 is 5.73. The highest BCUT2D eigenvalue weighted by atomic mass is 16.5. The molecule has 0 saturated carbocycles. The lowest BCUT2D eigenvalue weighted by molar-refractivity contribution is -0.137. The van der Waals surface area contributed by atoms with Crippen LogP contribution in [0.3, 0.4) is 0 Å². The molecular formula is C20H34O6. The van der Waals surface area contributed by atoms with Crippen LogP contribution in [-0.4, -0.2) is 56.9 Å². The van der Waals surface area contributed by atoms with Gasteiger partial charge in [0.1, 0.15) is 6.10 Å². The van der Waals surface area contributed by atoms with Gasteiger partial charge in [-0.05, 0) is 25.7 Å². The number of carbonyl (C=O) groups is 1. The van der Waals surface area contributed by atoms with Crippen molar-refractivity contribution in [3.63, 3.8) is 0 Å². The van der Waals surface area contributed by atoms with Gasteiger partial charge in [0.05, 0.1) is 24.4 Å². The molecule has 0 amide bonds. The van der Waals surface area contributed by atoms with Crippen molar-refractivity contribution in [2.45, 2.75) is 95.2 Å². The monoisotopic (exact) mass is 370 g/mol. The fraction of sp³-hybridized carbons (Fsp3) is 0.750. The van der Waals surface area contributed by atoms with Gasteiger partial charge in [0, 0.05) is 12.8 Å². The van der Waals surface area contributed by atoms with E-state index in [-0.39, 0.29) is 12.5 Å². The van der Waals surface area contributed by atoms with Gasteiger partial charge in [-0.1, -0.05) is 50.5 Å². The number of aliphatic carboxylic acids is 1. The first-order valence-corrected chi connectivity index (χ1v) is 9.68. The average Bonchev–Trinajstić information content (AvgIpc) is 2.97. The summed E-state index contributed by atoms with van der Waals surface area (Å²) in [6, 6.07) is 0. The second-order valence-electron chi connectivity index (χ2n) is 6.95. The highest BCUT2D eigenvalue weighted by molar-refractivity contribution is 5.66. The van der Waals surface area contributed by atoms with Crippen LogP contribution >= 0.6 is 0 Å². The number of hydrogen-bond acceptors (Lipinski definition) is 5. The summed E-state index contributed by atoms with van der Waals surface area (Å²) >= 11 is 0. The number of rotatable bonds is 13. The zero-order chi connectivity index (χ0) is 19.4. The third-order valence-electron chi connectivity index (χ3n) is 4.55. The zero-order valence-electron chi connectivity index (χ0n) is 15.7. The third-order valence-corrected chi connectivity index (χ3v) is 4.55. The molecule has 1 aliphatic heterocycles. The Labute approximate surface area is 156 Å². The molecule has 0 bridgehead atoms. The lowest BCUT2D eigenvalue weighted by Crippen LogP contribution is -2.26. The summed E-state index contributed by atoms with van der Waals surface area (Å²) in [5.74, 6) is -0.801. The van der Waals surface area contributed by atoms with Crippen molar-refractivity contribution in [2.24, 2.45) is 0 Å². The van der Waals surface area contributed by atoms with Gasteiger partial charge in [0.25, 0.3) is 0 Å². The summed E-state index contributed by atoms with van der Waals surface area (Å²) in [6.07, 6.45) is 10.2. The van der Waals surface area contributed by atoms with E-state index in [9.17, 15) is 20.1 Å². The summed E-state index contributed by atoms with van der Waals surface area (Å²) in [5.41, 5.74) is 0. The van der Waals surface area contributed by atoms with Crippen LogP contribution in [0.15, 0.2) is 24.3 Å². The maximum atomic E-state index is 10.4. The molecule has 5 atom stereocenters. The van der Waals surface area contributed by atoms with Crippen molar-refractivity contribution in [1.29, 1.82) is 0 Å². The molecular weight excluding hydrogens is 336 g/mol. The second kappa shape index (κ2) is 13.0. The third kappa shape index (κ3) is 9.48. The van der Waals surface area contributed by atoms with Crippen LogP contribution in [0.5, 0.6) is 0 Å². The van der Waals surface area contributed by atoms with Crippen LogP contribution < -0.4 is 0 Å². The minimum absolute atomic E-state index is 0.148. The minimum Gasteiger partial charge on any atom is -0.481 e. The maximum Gasteiger partial charge on any atom is 0.303 e. The van der Waals surface area contributed by atoms with Crippen molar-refractivity contribution in [1.82, 2.24) is 0 Å². The molecule has 5 unspecified atom stereocenters. The predicted octanol–water partition coefficient (Wildman–Crippen LogP) is 2.56. The molecule has 0 aromatic carbocycles. The van der Waals surface area contributed by atoms with E-state index in [1.807, 2.05) is 12.2 Å². The van der Waals surface area contributed by atoms with Crippen LogP contribution in [0.2, 0.25) is 0 Å². The van der Waals surface area contributed by atoms with Gasteiger partial charge in [0.2, 0.25) is 0 Å². The molecule has 6 heteroatoms. The summed E-state index contributed by atoms with van der Waals surface area (Å²) in [7, 11) is 0. The first kappa shape index (κ1) is 22.8. The number of unbranched alkanes of at least 4 members (excludes halogenated alkanes) is 3. The number of carboxylic acid groups (broad SMARTS) is 1. The van der Waals surface area contributed by atoms with E-state index < -0.39 is 30.4 Å². The van der Waals surface area contributed by atoms with Gasteiger partial charge in [0.15, 0.2) is 0 Å². The normalized spacial score (nSPS) is 25.9. The Bertz CT molecular complexity index is 448. The van der Waals surface area contributed by atoms with Gasteiger partial charge in [-0.15, -0.1) is 0 Å². The molecule has 150 valence electrons. The Hall–Kier alpha value is -1.21. The van der Waals surface area contributed by atoms with E-state index in [2.05, 4.69) is 6.92 Å². The van der Waals surface area contributed by atoms with Crippen LogP contribution in [0.25, 0.3) is 0 Å². The number of hydrogen-bond donors (Lipinski definition) is 4. The number of ether oxygens (including phenoxy) is 1. The van der Waals surface area contributed by atoms with E-state index in [0.29, 0.717) is 32.1 Å². The minimum atomic E-state index is -0.801. The second-order valence-corrected chi connectivity index (χ2v) is 6.95. The van der Waals surface area contributed by atoms with Gasteiger partial charge in [-0.2, -0.15) is 0 Å². The van der Waals surface area contributed by atoms with Crippen molar-refractivity contribution >= 4 is 5.97 Å².